The molecule has 0 saturated heterocycles. The molecular formula is C25H15N3O5. The number of aliphatic imine (C=N–C) groups is 1. The Morgan fingerprint density at radius 2 is 1.76 bits per heavy atom. The van der Waals surface area contributed by atoms with Gasteiger partial charge in [0.25, 0.3) is 5.69 Å². The van der Waals surface area contributed by atoms with Crippen molar-refractivity contribution in [1.82, 2.24) is 4.98 Å². The second-order valence-electron chi connectivity index (χ2n) is 7.51. The molecule has 1 aliphatic rings. The second-order valence-corrected chi connectivity index (χ2v) is 7.51. The average molecular weight is 437 g/mol. The molecule has 160 valence electrons. The van der Waals surface area contributed by atoms with Gasteiger partial charge in [0.1, 0.15) is 5.52 Å². The van der Waals surface area contributed by atoms with E-state index in [2.05, 4.69) is 16.0 Å². The summed E-state index contributed by atoms with van der Waals surface area (Å²) in [5.41, 5.74) is 2.96. The van der Waals surface area contributed by atoms with Gasteiger partial charge < -0.3 is 13.9 Å². The van der Waals surface area contributed by atoms with Gasteiger partial charge in [0, 0.05) is 11.8 Å². The molecule has 0 fully saturated rings. The number of ether oxygens (including phenoxy) is 2. The van der Waals surface area contributed by atoms with Gasteiger partial charge in [0.2, 0.25) is 12.7 Å². The lowest BCUT2D eigenvalue weighted by Gasteiger charge is -2.00. The normalized spacial score (nSPS) is 12.7. The molecule has 0 unspecified atom stereocenters. The van der Waals surface area contributed by atoms with Gasteiger partial charge in [-0.25, -0.2) is 4.98 Å². The smallest absolute Gasteiger partial charge is 0.282 e. The predicted molar refractivity (Wildman–Crippen MR) is 123 cm³/mol. The zero-order chi connectivity index (χ0) is 22.4. The number of benzene rings is 4. The van der Waals surface area contributed by atoms with E-state index in [0.29, 0.717) is 39.7 Å². The van der Waals surface area contributed by atoms with Gasteiger partial charge in [-0.2, -0.15) is 0 Å². The second kappa shape index (κ2) is 7.45. The van der Waals surface area contributed by atoms with E-state index >= 15 is 0 Å². The third kappa shape index (κ3) is 3.43. The zero-order valence-electron chi connectivity index (χ0n) is 17.1. The minimum Gasteiger partial charge on any atom is -0.454 e. The lowest BCUT2D eigenvalue weighted by atomic mass is 10.1. The number of hydrogen-bond donors (Lipinski definition) is 0. The number of oxazole rings is 1. The van der Waals surface area contributed by atoms with E-state index in [1.807, 2.05) is 36.4 Å². The maximum Gasteiger partial charge on any atom is 0.282 e. The summed E-state index contributed by atoms with van der Waals surface area (Å²) in [7, 11) is 0. The molecule has 0 atom stereocenters. The first-order valence-electron chi connectivity index (χ1n) is 10.2. The lowest BCUT2D eigenvalue weighted by Crippen LogP contribution is -1.94. The Kier molecular flexibility index (Phi) is 4.29. The molecule has 0 aliphatic carbocycles. The molecule has 0 saturated carbocycles. The molecule has 5 aromatic rings. The molecule has 0 spiro atoms. The van der Waals surface area contributed by atoms with Crippen molar-refractivity contribution in [1.29, 1.82) is 0 Å². The Morgan fingerprint density at radius 1 is 0.939 bits per heavy atom. The number of nitrogens with zero attached hydrogens (tertiary/aromatic N) is 3. The molecule has 6 rings (SSSR count). The van der Waals surface area contributed by atoms with E-state index in [9.17, 15) is 10.1 Å². The molecule has 2 heterocycles. The fourth-order valence-electron chi connectivity index (χ4n) is 3.79. The molecule has 4 aromatic carbocycles. The predicted octanol–water partition coefficient (Wildman–Crippen LogP) is 6.04. The molecule has 0 bridgehead atoms. The molecule has 0 radical (unpaired) electrons. The summed E-state index contributed by atoms with van der Waals surface area (Å²) < 4.78 is 16.5. The first kappa shape index (κ1) is 19.0. The van der Waals surface area contributed by atoms with Crippen LogP contribution in [0.4, 0.5) is 11.4 Å². The van der Waals surface area contributed by atoms with Gasteiger partial charge in [0.05, 0.1) is 22.2 Å². The summed E-state index contributed by atoms with van der Waals surface area (Å²) in [6.45, 7) is 0.0372. The van der Waals surface area contributed by atoms with Crippen LogP contribution in [0.25, 0.3) is 33.3 Å². The van der Waals surface area contributed by atoms with Crippen LogP contribution in [0.3, 0.4) is 0 Å². The Hall–Kier alpha value is -4.72. The van der Waals surface area contributed by atoms with Crippen LogP contribution in [0.15, 0.2) is 82.2 Å². The van der Waals surface area contributed by atoms with Crippen molar-refractivity contribution < 1.29 is 18.8 Å². The minimum absolute atomic E-state index is 0.0372. The van der Waals surface area contributed by atoms with Gasteiger partial charge in [-0.05, 0) is 47.2 Å². The number of nitro benzene ring substituents is 1. The van der Waals surface area contributed by atoms with Gasteiger partial charge in [-0.1, -0.05) is 30.3 Å². The molecule has 8 heteroatoms. The maximum atomic E-state index is 11.5. The van der Waals surface area contributed by atoms with Crippen molar-refractivity contribution in [2.45, 2.75) is 0 Å². The van der Waals surface area contributed by atoms with E-state index in [1.54, 1.807) is 24.3 Å². The molecule has 1 aromatic heterocycles. The Bertz CT molecular complexity index is 1590. The monoisotopic (exact) mass is 437 g/mol. The number of rotatable bonds is 4. The fraction of sp³-hybridized carbons (Fsp3) is 0.0400. The topological polar surface area (TPSA) is 100.0 Å². The number of aromatic nitrogens is 1. The van der Waals surface area contributed by atoms with Crippen LogP contribution >= 0.6 is 0 Å². The number of nitro groups is 1. The Labute approximate surface area is 186 Å². The van der Waals surface area contributed by atoms with Crippen LogP contribution in [0.1, 0.15) is 5.56 Å². The zero-order valence-corrected chi connectivity index (χ0v) is 17.1. The molecule has 33 heavy (non-hydrogen) atoms. The van der Waals surface area contributed by atoms with Crippen LogP contribution < -0.4 is 9.47 Å². The highest BCUT2D eigenvalue weighted by atomic mass is 16.7. The van der Waals surface area contributed by atoms with Crippen molar-refractivity contribution in [3.8, 4) is 23.0 Å². The maximum absolute atomic E-state index is 11.5. The van der Waals surface area contributed by atoms with Crippen LogP contribution in [0.5, 0.6) is 11.5 Å². The molecule has 0 N–H and O–H groups in total. The Balaban J connectivity index is 1.34. The average Bonchev–Trinajstić information content (AvgIpc) is 3.47. The van der Waals surface area contributed by atoms with Crippen LogP contribution in [-0.4, -0.2) is 22.9 Å². The fourth-order valence-corrected chi connectivity index (χ4v) is 3.79. The largest absolute Gasteiger partial charge is 0.454 e. The third-order valence-corrected chi connectivity index (χ3v) is 5.44. The molecule has 0 amide bonds. The number of fused-ring (bicyclic) bond motifs is 3. The summed E-state index contributed by atoms with van der Waals surface area (Å²) in [5.74, 6) is 1.32. The highest BCUT2D eigenvalue weighted by molar-refractivity contribution is 5.90. The van der Waals surface area contributed by atoms with E-state index in [4.69, 9.17) is 13.9 Å². The van der Waals surface area contributed by atoms with Crippen LogP contribution in [-0.2, 0) is 0 Å². The highest BCUT2D eigenvalue weighted by Crippen LogP contribution is 2.37. The quantitative estimate of drug-likeness (QED) is 0.193. The third-order valence-electron chi connectivity index (χ3n) is 5.44. The van der Waals surface area contributed by atoms with E-state index in [0.717, 1.165) is 16.3 Å². The van der Waals surface area contributed by atoms with Gasteiger partial charge in [0.15, 0.2) is 17.1 Å². The van der Waals surface area contributed by atoms with Crippen LogP contribution in [0, 0.1) is 10.1 Å². The highest BCUT2D eigenvalue weighted by Gasteiger charge is 2.22. The summed E-state index contributed by atoms with van der Waals surface area (Å²) in [6, 6.07) is 22.4. The summed E-state index contributed by atoms with van der Waals surface area (Å²) >= 11 is 0. The number of hydrogen-bond acceptors (Lipinski definition) is 7. The van der Waals surface area contributed by atoms with Crippen molar-refractivity contribution in [3.63, 3.8) is 0 Å². The van der Waals surface area contributed by atoms with E-state index in [1.165, 1.54) is 12.3 Å². The first-order valence-corrected chi connectivity index (χ1v) is 10.2. The molecular weight excluding hydrogens is 422 g/mol. The van der Waals surface area contributed by atoms with E-state index in [-0.39, 0.29) is 12.5 Å². The standard InChI is InChI=1S/C25H15N3O5/c29-28(30)21-12-24-23(31-14-32-24)10-18(21)13-26-19-7-8-22-20(11-19)27-25(33-22)17-6-5-15-3-1-2-4-16(15)9-17/h1-13H,14H2. The van der Waals surface area contributed by atoms with E-state index < -0.39 is 4.92 Å². The first-order chi connectivity index (χ1) is 16.1. The van der Waals surface area contributed by atoms with Gasteiger partial charge in [-0.15, -0.1) is 0 Å². The SMILES string of the molecule is O=[N+]([O-])c1cc2c(cc1C=Nc1ccc3oc(-c4ccc5ccccc5c4)nc3c1)OCO2. The van der Waals surface area contributed by atoms with Crippen molar-refractivity contribution in [2.75, 3.05) is 6.79 Å². The van der Waals surface area contributed by atoms with Gasteiger partial charge in [-0.3, -0.25) is 15.1 Å². The van der Waals surface area contributed by atoms with Crippen molar-refractivity contribution in [3.05, 3.63) is 88.5 Å². The molecule has 1 aliphatic heterocycles. The summed E-state index contributed by atoms with van der Waals surface area (Å²) in [4.78, 5) is 20.0. The van der Waals surface area contributed by atoms with Crippen LogP contribution in [0.2, 0.25) is 0 Å². The Morgan fingerprint density at radius 3 is 2.61 bits per heavy atom. The molecule has 8 nitrogen and oxygen atoms in total. The minimum atomic E-state index is -0.472. The van der Waals surface area contributed by atoms with Crippen molar-refractivity contribution in [2.24, 2.45) is 4.99 Å². The van der Waals surface area contributed by atoms with Gasteiger partial charge >= 0.3 is 0 Å². The summed E-state index contributed by atoms with van der Waals surface area (Å²) in [6.07, 6.45) is 1.44. The lowest BCUT2D eigenvalue weighted by molar-refractivity contribution is -0.385. The van der Waals surface area contributed by atoms with Crippen molar-refractivity contribution >= 4 is 39.5 Å². The summed E-state index contributed by atoms with van der Waals surface area (Å²) in [5, 5.41) is 13.7.